The van der Waals surface area contributed by atoms with E-state index < -0.39 is 0 Å². The second-order valence-electron chi connectivity index (χ2n) is 6.02. The van der Waals surface area contributed by atoms with Crippen LogP contribution in [0.15, 0.2) is 24.3 Å². The first-order valence-electron chi connectivity index (χ1n) is 7.57. The zero-order chi connectivity index (χ0) is 13.9. The number of rotatable bonds is 4. The van der Waals surface area contributed by atoms with Crippen molar-refractivity contribution in [2.24, 2.45) is 5.92 Å². The van der Waals surface area contributed by atoms with Gasteiger partial charge in [-0.1, -0.05) is 26.0 Å². The van der Waals surface area contributed by atoms with Crippen molar-refractivity contribution in [3.63, 3.8) is 0 Å². The Balaban J connectivity index is 1.73. The molecule has 0 radical (unpaired) electrons. The Morgan fingerprint density at radius 3 is 3.10 bits per heavy atom. The fraction of sp³-hybridized carbons (Fsp3) is 0.562. The maximum absolute atomic E-state index is 4.58. The normalized spacial score (nSPS) is 19.9. The number of fused-ring (bicyclic) bond motifs is 1. The molecule has 20 heavy (non-hydrogen) atoms. The molecule has 3 nitrogen and oxygen atoms in total. The highest BCUT2D eigenvalue weighted by molar-refractivity contribution is 7.11. The lowest BCUT2D eigenvalue weighted by atomic mass is 9.97. The summed E-state index contributed by atoms with van der Waals surface area (Å²) >= 11 is 1.65. The molecule has 2 heterocycles. The van der Waals surface area contributed by atoms with Gasteiger partial charge in [0.15, 0.2) is 0 Å². The number of hydrogen-bond acceptors (Lipinski definition) is 4. The molecule has 1 aromatic heterocycles. The number of piperidine rings is 1. The molecule has 0 aliphatic carbocycles. The van der Waals surface area contributed by atoms with Crippen molar-refractivity contribution in [3.8, 4) is 0 Å². The van der Waals surface area contributed by atoms with E-state index in [1.165, 1.54) is 29.8 Å². The van der Waals surface area contributed by atoms with Gasteiger partial charge in [0, 0.05) is 24.5 Å². The van der Waals surface area contributed by atoms with Crippen molar-refractivity contribution in [1.29, 1.82) is 0 Å². The number of anilines is 1. The maximum atomic E-state index is 4.58. The van der Waals surface area contributed by atoms with Gasteiger partial charge in [-0.3, -0.25) is 0 Å². The van der Waals surface area contributed by atoms with Gasteiger partial charge < -0.3 is 10.2 Å². The molecule has 4 heteroatoms. The van der Waals surface area contributed by atoms with Crippen LogP contribution in [-0.2, 0) is 0 Å². The summed E-state index contributed by atoms with van der Waals surface area (Å²) in [4.78, 5) is 2.54. The van der Waals surface area contributed by atoms with Crippen molar-refractivity contribution in [1.82, 2.24) is 9.69 Å². The first kappa shape index (κ1) is 13.8. The molecule has 0 bridgehead atoms. The standard InChI is InChI=1S/C16H23N3S/c1-12(2)17-10-13-6-5-9-19(11-13)16-14-7-3-4-8-15(14)18-20-16/h3-4,7-8,12-13,17H,5-6,9-11H2,1-2H3. The lowest BCUT2D eigenvalue weighted by molar-refractivity contribution is 0.380. The van der Waals surface area contributed by atoms with Gasteiger partial charge in [-0.25, -0.2) is 0 Å². The number of benzene rings is 1. The average molecular weight is 289 g/mol. The highest BCUT2D eigenvalue weighted by atomic mass is 32.1. The second kappa shape index (κ2) is 6.10. The molecule has 3 rings (SSSR count). The third-order valence-electron chi connectivity index (χ3n) is 3.99. The molecule has 1 aliphatic heterocycles. The van der Waals surface area contributed by atoms with E-state index in [1.807, 2.05) is 0 Å². The van der Waals surface area contributed by atoms with Crippen LogP contribution in [0.5, 0.6) is 0 Å². The van der Waals surface area contributed by atoms with E-state index in [4.69, 9.17) is 0 Å². The molecule has 1 atom stereocenters. The largest absolute Gasteiger partial charge is 0.361 e. The fourth-order valence-electron chi connectivity index (χ4n) is 2.92. The first-order chi connectivity index (χ1) is 9.74. The molecule has 0 spiro atoms. The molecule has 1 unspecified atom stereocenters. The van der Waals surface area contributed by atoms with E-state index in [9.17, 15) is 0 Å². The van der Waals surface area contributed by atoms with Gasteiger partial charge in [0.25, 0.3) is 0 Å². The Bertz CT molecular complexity index is 564. The van der Waals surface area contributed by atoms with Crippen molar-refractivity contribution in [2.45, 2.75) is 32.7 Å². The smallest absolute Gasteiger partial charge is 0.119 e. The van der Waals surface area contributed by atoms with E-state index in [1.54, 1.807) is 11.5 Å². The van der Waals surface area contributed by atoms with Gasteiger partial charge in [0.05, 0.1) is 5.52 Å². The third kappa shape index (κ3) is 2.96. The lowest BCUT2D eigenvalue weighted by Gasteiger charge is -2.34. The van der Waals surface area contributed by atoms with E-state index in [2.05, 4.69) is 52.7 Å². The SMILES string of the molecule is CC(C)NCC1CCCN(c2snc3ccccc23)C1. The number of aromatic nitrogens is 1. The molecule has 1 N–H and O–H groups in total. The fourth-order valence-corrected chi connectivity index (χ4v) is 3.82. The number of hydrogen-bond donors (Lipinski definition) is 1. The van der Waals surface area contributed by atoms with Gasteiger partial charge in [0.1, 0.15) is 5.00 Å². The van der Waals surface area contributed by atoms with Crippen LogP contribution in [-0.4, -0.2) is 30.0 Å². The molecule has 1 aromatic carbocycles. The van der Waals surface area contributed by atoms with E-state index in [0.29, 0.717) is 6.04 Å². The maximum Gasteiger partial charge on any atom is 0.119 e. The van der Waals surface area contributed by atoms with Crippen LogP contribution in [0, 0.1) is 5.92 Å². The summed E-state index contributed by atoms with van der Waals surface area (Å²) in [5.41, 5.74) is 1.13. The molecule has 1 saturated heterocycles. The van der Waals surface area contributed by atoms with E-state index in [-0.39, 0.29) is 0 Å². The summed E-state index contributed by atoms with van der Waals surface area (Å²) in [7, 11) is 0. The van der Waals surface area contributed by atoms with Crippen LogP contribution >= 0.6 is 11.5 Å². The second-order valence-corrected chi connectivity index (χ2v) is 6.77. The Morgan fingerprint density at radius 2 is 2.25 bits per heavy atom. The van der Waals surface area contributed by atoms with Crippen LogP contribution in [0.2, 0.25) is 0 Å². The van der Waals surface area contributed by atoms with E-state index in [0.717, 1.165) is 24.5 Å². The minimum absolute atomic E-state index is 0.578. The Morgan fingerprint density at radius 1 is 1.40 bits per heavy atom. The van der Waals surface area contributed by atoms with Crippen molar-refractivity contribution in [3.05, 3.63) is 24.3 Å². The average Bonchev–Trinajstić information content (AvgIpc) is 2.89. The van der Waals surface area contributed by atoms with Crippen molar-refractivity contribution < 1.29 is 0 Å². The van der Waals surface area contributed by atoms with Crippen LogP contribution in [0.3, 0.4) is 0 Å². The molecule has 108 valence electrons. The summed E-state index contributed by atoms with van der Waals surface area (Å²) < 4.78 is 4.58. The van der Waals surface area contributed by atoms with Gasteiger partial charge in [-0.2, -0.15) is 4.37 Å². The third-order valence-corrected chi connectivity index (χ3v) is 4.92. The van der Waals surface area contributed by atoms with Crippen LogP contribution < -0.4 is 10.2 Å². The first-order valence-corrected chi connectivity index (χ1v) is 8.34. The van der Waals surface area contributed by atoms with Crippen LogP contribution in [0.1, 0.15) is 26.7 Å². The summed E-state index contributed by atoms with van der Waals surface area (Å²) in [6.07, 6.45) is 2.63. The van der Waals surface area contributed by atoms with Gasteiger partial charge in [-0.15, -0.1) is 0 Å². The molecule has 1 fully saturated rings. The van der Waals surface area contributed by atoms with Crippen molar-refractivity contribution >= 4 is 27.4 Å². The van der Waals surface area contributed by atoms with Crippen molar-refractivity contribution in [2.75, 3.05) is 24.5 Å². The summed E-state index contributed by atoms with van der Waals surface area (Å²) in [6, 6.07) is 9.07. The summed E-state index contributed by atoms with van der Waals surface area (Å²) in [5, 5.41) is 6.25. The predicted octanol–water partition coefficient (Wildman–Crippen LogP) is 3.51. The van der Waals surface area contributed by atoms with Gasteiger partial charge in [-0.05, 0) is 49.0 Å². The predicted molar refractivity (Wildman–Crippen MR) is 87.7 cm³/mol. The Hall–Kier alpha value is -1.13. The number of nitrogens with zero attached hydrogens (tertiary/aromatic N) is 2. The molecule has 2 aromatic rings. The quantitative estimate of drug-likeness (QED) is 0.933. The van der Waals surface area contributed by atoms with Gasteiger partial charge >= 0.3 is 0 Å². The highest BCUT2D eigenvalue weighted by Gasteiger charge is 2.22. The minimum Gasteiger partial charge on any atom is -0.361 e. The Kier molecular flexibility index (Phi) is 4.22. The monoisotopic (exact) mass is 289 g/mol. The van der Waals surface area contributed by atoms with Gasteiger partial charge in [0.2, 0.25) is 0 Å². The van der Waals surface area contributed by atoms with Crippen LogP contribution in [0.4, 0.5) is 5.00 Å². The van der Waals surface area contributed by atoms with Crippen LogP contribution in [0.25, 0.3) is 10.9 Å². The summed E-state index contributed by atoms with van der Waals surface area (Å²) in [5.74, 6) is 0.756. The lowest BCUT2D eigenvalue weighted by Crippen LogP contribution is -2.40. The summed E-state index contributed by atoms with van der Waals surface area (Å²) in [6.45, 7) is 7.90. The number of nitrogens with one attached hydrogen (secondary N) is 1. The molecule has 1 aliphatic rings. The molecule has 0 amide bonds. The zero-order valence-electron chi connectivity index (χ0n) is 12.3. The Labute approximate surface area is 125 Å². The van der Waals surface area contributed by atoms with E-state index >= 15 is 0 Å². The zero-order valence-corrected chi connectivity index (χ0v) is 13.1. The highest BCUT2D eigenvalue weighted by Crippen LogP contribution is 2.33. The minimum atomic E-state index is 0.578. The molecular weight excluding hydrogens is 266 g/mol. The molecule has 0 saturated carbocycles. The molecular formula is C16H23N3S. The topological polar surface area (TPSA) is 28.2 Å².